The Bertz CT molecular complexity index is 724. The monoisotopic (exact) mass is 351 g/mol. The number of rotatable bonds is 6. The van der Waals surface area contributed by atoms with E-state index in [4.69, 9.17) is 4.74 Å². The van der Waals surface area contributed by atoms with Gasteiger partial charge in [-0.3, -0.25) is 4.79 Å². The van der Waals surface area contributed by atoms with Crippen molar-refractivity contribution in [3.8, 4) is 0 Å². The van der Waals surface area contributed by atoms with E-state index in [-0.39, 0.29) is 25.5 Å². The lowest BCUT2D eigenvalue weighted by Crippen LogP contribution is -2.58. The summed E-state index contributed by atoms with van der Waals surface area (Å²) in [5.74, 6) is 0.198. The van der Waals surface area contributed by atoms with Gasteiger partial charge in [0.25, 0.3) is 0 Å². The second-order valence-electron chi connectivity index (χ2n) is 5.75. The van der Waals surface area contributed by atoms with Crippen molar-refractivity contribution in [2.45, 2.75) is 30.9 Å². The molecule has 1 saturated heterocycles. The van der Waals surface area contributed by atoms with Crippen LogP contribution in [0.2, 0.25) is 0 Å². The van der Waals surface area contributed by atoms with Gasteiger partial charge in [-0.15, -0.1) is 0 Å². The van der Waals surface area contributed by atoms with Crippen LogP contribution in [0.1, 0.15) is 6.42 Å². The molecule has 6 N–H and O–H groups in total. The Labute approximate surface area is 143 Å². The van der Waals surface area contributed by atoms with E-state index in [9.17, 15) is 15.0 Å². The highest BCUT2D eigenvalue weighted by atomic mass is 16.5. The lowest BCUT2D eigenvalue weighted by Gasteiger charge is -2.39. The molecule has 1 aliphatic heterocycles. The molecule has 2 aromatic heterocycles. The van der Waals surface area contributed by atoms with E-state index in [1.165, 1.54) is 12.7 Å². The van der Waals surface area contributed by atoms with Crippen LogP contribution in [0.4, 0.5) is 5.82 Å². The largest absolute Gasteiger partial charge is 0.394 e. The van der Waals surface area contributed by atoms with Crippen LogP contribution in [-0.2, 0) is 9.53 Å². The maximum atomic E-state index is 11.7. The number of nitrogens with zero attached hydrogens (tertiary/aromatic N) is 3. The molecule has 1 aliphatic rings. The number of ether oxygens (including phenoxy) is 1. The smallest absolute Gasteiger partial charge is 0.234 e. The van der Waals surface area contributed by atoms with Crippen molar-refractivity contribution in [3.63, 3.8) is 0 Å². The van der Waals surface area contributed by atoms with Gasteiger partial charge in [0.15, 0.2) is 17.7 Å². The summed E-state index contributed by atoms with van der Waals surface area (Å²) < 4.78 is 5.73. The number of hydrogen-bond donors (Lipinski definition) is 6. The second kappa shape index (κ2) is 7.70. The van der Waals surface area contributed by atoms with E-state index in [2.05, 4.69) is 35.9 Å². The van der Waals surface area contributed by atoms with Crippen LogP contribution in [0.25, 0.3) is 11.2 Å². The summed E-state index contributed by atoms with van der Waals surface area (Å²) in [6, 6.07) is -0.489. The number of imidazole rings is 1. The van der Waals surface area contributed by atoms with Crippen LogP contribution >= 0.6 is 0 Å². The van der Waals surface area contributed by atoms with Gasteiger partial charge >= 0.3 is 0 Å². The molecule has 1 amide bonds. The molecular formula is C14H21N7O4. The number of aliphatic hydroxyl groups excluding tert-OH is 2. The fraction of sp³-hybridized carbons (Fsp3) is 0.571. The Morgan fingerprint density at radius 2 is 2.28 bits per heavy atom. The number of H-pyrrole nitrogens is 1. The number of carbonyl (C=O) groups excluding carboxylic acids is 1. The molecule has 136 valence electrons. The maximum Gasteiger partial charge on any atom is 0.234 e. The minimum Gasteiger partial charge on any atom is -0.394 e. The summed E-state index contributed by atoms with van der Waals surface area (Å²) in [7, 11) is 1.66. The summed E-state index contributed by atoms with van der Waals surface area (Å²) in [5.41, 5.74) is 1.07. The molecule has 2 aromatic rings. The highest BCUT2D eigenvalue weighted by molar-refractivity contribution is 5.82. The summed E-state index contributed by atoms with van der Waals surface area (Å²) >= 11 is 0. The van der Waals surface area contributed by atoms with E-state index in [1.54, 1.807) is 7.05 Å². The number of nitrogens with one attached hydrogen (secondary N) is 4. The summed E-state index contributed by atoms with van der Waals surface area (Å²) in [4.78, 5) is 26.8. The van der Waals surface area contributed by atoms with Gasteiger partial charge in [0.1, 0.15) is 24.1 Å². The molecule has 25 heavy (non-hydrogen) atoms. The molecule has 11 heteroatoms. The van der Waals surface area contributed by atoms with Crippen molar-refractivity contribution in [1.82, 2.24) is 30.6 Å². The number of carbonyl (C=O) groups is 1. The molecule has 4 atom stereocenters. The molecule has 0 aromatic carbocycles. The third-order valence-corrected chi connectivity index (χ3v) is 3.98. The predicted molar refractivity (Wildman–Crippen MR) is 87.5 cm³/mol. The number of amides is 1. The van der Waals surface area contributed by atoms with Crippen molar-refractivity contribution >= 4 is 22.9 Å². The summed E-state index contributed by atoms with van der Waals surface area (Å²) in [6.45, 7) is -0.149. The molecule has 0 spiro atoms. The maximum absolute atomic E-state index is 11.7. The average Bonchev–Trinajstić information content (AvgIpc) is 3.07. The second-order valence-corrected chi connectivity index (χ2v) is 5.75. The van der Waals surface area contributed by atoms with Crippen molar-refractivity contribution < 1.29 is 19.7 Å². The van der Waals surface area contributed by atoms with Crippen LogP contribution < -0.4 is 16.0 Å². The number of hydrogen-bond acceptors (Lipinski definition) is 9. The number of fused-ring (bicyclic) bond motifs is 1. The Kier molecular flexibility index (Phi) is 5.38. The lowest BCUT2D eigenvalue weighted by atomic mass is 9.99. The normalized spacial score (nSPS) is 26.5. The van der Waals surface area contributed by atoms with Crippen molar-refractivity contribution in [3.05, 3.63) is 12.7 Å². The van der Waals surface area contributed by atoms with Crippen LogP contribution in [0.15, 0.2) is 12.7 Å². The first-order valence-corrected chi connectivity index (χ1v) is 7.91. The van der Waals surface area contributed by atoms with Crippen LogP contribution in [0.5, 0.6) is 0 Å². The molecule has 3 heterocycles. The molecular weight excluding hydrogens is 330 g/mol. The van der Waals surface area contributed by atoms with Crippen molar-refractivity contribution in [2.75, 3.05) is 25.5 Å². The van der Waals surface area contributed by atoms with Crippen LogP contribution in [0, 0.1) is 0 Å². The van der Waals surface area contributed by atoms with Gasteiger partial charge in [0.2, 0.25) is 5.91 Å². The molecule has 0 aliphatic carbocycles. The highest BCUT2D eigenvalue weighted by Gasteiger charge is 2.38. The predicted octanol–water partition coefficient (Wildman–Crippen LogP) is -2.06. The molecule has 0 unspecified atom stereocenters. The molecule has 3 rings (SSSR count). The van der Waals surface area contributed by atoms with E-state index < -0.39 is 24.5 Å². The van der Waals surface area contributed by atoms with Crippen LogP contribution in [0.3, 0.4) is 0 Å². The minimum absolute atomic E-state index is 0.144. The molecule has 11 nitrogen and oxygen atoms in total. The van der Waals surface area contributed by atoms with Gasteiger partial charge in [-0.05, 0) is 7.05 Å². The van der Waals surface area contributed by atoms with E-state index in [1.807, 2.05) is 0 Å². The first kappa shape index (κ1) is 17.5. The first-order valence-electron chi connectivity index (χ1n) is 7.91. The summed E-state index contributed by atoms with van der Waals surface area (Å²) in [6.07, 6.45) is 0.722. The summed E-state index contributed by atoms with van der Waals surface area (Å²) in [5, 5.41) is 28.4. The molecule has 0 saturated carbocycles. The first-order chi connectivity index (χ1) is 12.1. The Morgan fingerprint density at radius 1 is 1.44 bits per heavy atom. The van der Waals surface area contributed by atoms with Crippen molar-refractivity contribution in [1.29, 1.82) is 0 Å². The third kappa shape index (κ3) is 3.85. The van der Waals surface area contributed by atoms with Gasteiger partial charge in [-0.25, -0.2) is 15.0 Å². The minimum atomic E-state index is -0.907. The molecule has 0 radical (unpaired) electrons. The average molecular weight is 351 g/mol. The third-order valence-electron chi connectivity index (χ3n) is 3.98. The fourth-order valence-corrected chi connectivity index (χ4v) is 2.79. The van der Waals surface area contributed by atoms with Gasteiger partial charge < -0.3 is 35.9 Å². The Hall–Kier alpha value is -2.34. The number of likely N-dealkylation sites (N-methyl/N-ethyl adjacent to an activating group) is 1. The SMILES string of the molecule is CNCC(=O)N[C@@H]1C[C@H](O)[C@H](Nc2ncnc3nc[nH]c23)O[C@H]1CO. The number of anilines is 1. The number of aromatic nitrogens is 4. The zero-order chi connectivity index (χ0) is 17.8. The Balaban J connectivity index is 1.70. The zero-order valence-electron chi connectivity index (χ0n) is 13.6. The standard InChI is InChI=1S/C14H21N7O4/c1-15-3-10(24)20-7-2-8(23)14(25-9(7)4-22)21-13-11-12(17-5-16-11)18-6-19-13/h5-9,14-15,22-23H,2-4H2,1H3,(H,20,24)(H2,16,17,18,19,21)/t7-,8+,9+,14-/m1/s1. The number of aromatic amines is 1. The van der Waals surface area contributed by atoms with E-state index in [0.29, 0.717) is 17.0 Å². The topological polar surface area (TPSA) is 157 Å². The number of aliphatic hydroxyl groups is 2. The Morgan fingerprint density at radius 3 is 3.04 bits per heavy atom. The molecule has 1 fully saturated rings. The lowest BCUT2D eigenvalue weighted by molar-refractivity contribution is -0.141. The molecule has 0 bridgehead atoms. The zero-order valence-corrected chi connectivity index (χ0v) is 13.6. The van der Waals surface area contributed by atoms with Gasteiger partial charge in [-0.1, -0.05) is 0 Å². The fourth-order valence-electron chi connectivity index (χ4n) is 2.79. The highest BCUT2D eigenvalue weighted by Crippen LogP contribution is 2.23. The quantitative estimate of drug-likeness (QED) is 0.344. The van der Waals surface area contributed by atoms with E-state index >= 15 is 0 Å². The van der Waals surface area contributed by atoms with Gasteiger partial charge in [0.05, 0.1) is 25.5 Å². The van der Waals surface area contributed by atoms with E-state index in [0.717, 1.165) is 0 Å². The van der Waals surface area contributed by atoms with Gasteiger partial charge in [0, 0.05) is 6.42 Å². The van der Waals surface area contributed by atoms with Crippen molar-refractivity contribution in [2.24, 2.45) is 0 Å². The van der Waals surface area contributed by atoms with Crippen LogP contribution in [-0.4, -0.2) is 80.7 Å². The van der Waals surface area contributed by atoms with Gasteiger partial charge in [-0.2, -0.15) is 0 Å².